The molecule has 0 atom stereocenters. The highest BCUT2D eigenvalue weighted by atomic mass is 35.5. The average Bonchev–Trinajstić information content (AvgIpc) is 2.13. The molecule has 0 aliphatic rings. The van der Waals surface area contributed by atoms with Crippen LogP contribution in [-0.2, 0) is 16.0 Å². The minimum absolute atomic E-state index is 0.0344. The molecular formula is C10H7ClF2O2. The third kappa shape index (κ3) is 2.83. The molecule has 0 N–H and O–H groups in total. The van der Waals surface area contributed by atoms with Crippen molar-refractivity contribution in [2.24, 2.45) is 0 Å². The average molecular weight is 233 g/mol. The fourth-order valence-electron chi connectivity index (χ4n) is 1.09. The van der Waals surface area contributed by atoms with Gasteiger partial charge in [-0.25, -0.2) is 8.78 Å². The summed E-state index contributed by atoms with van der Waals surface area (Å²) in [5, 5.41) is -1.16. The van der Waals surface area contributed by atoms with Gasteiger partial charge in [-0.15, -0.1) is 0 Å². The van der Waals surface area contributed by atoms with Crippen LogP contribution in [0.4, 0.5) is 8.78 Å². The van der Waals surface area contributed by atoms with Crippen molar-refractivity contribution in [1.82, 2.24) is 0 Å². The predicted octanol–water partition coefficient (Wildman–Crippen LogP) is 2.15. The molecule has 0 saturated heterocycles. The summed E-state index contributed by atoms with van der Waals surface area (Å²) in [5.74, 6) is -2.47. The number of Topliss-reactive ketones (excluding diaryl/α,β-unsaturated/α-hetero) is 1. The molecule has 1 aromatic carbocycles. The van der Waals surface area contributed by atoms with Gasteiger partial charge in [-0.05, 0) is 35.7 Å². The number of benzene rings is 1. The Labute approximate surface area is 89.8 Å². The minimum Gasteiger partial charge on any atom is -0.289 e. The lowest BCUT2D eigenvalue weighted by Gasteiger charge is -2.03. The number of hydrogen-bond donors (Lipinski definition) is 0. The molecule has 0 radical (unpaired) electrons. The second-order valence-electron chi connectivity index (χ2n) is 3.07. The Morgan fingerprint density at radius 2 is 1.87 bits per heavy atom. The van der Waals surface area contributed by atoms with Gasteiger partial charge < -0.3 is 0 Å². The van der Waals surface area contributed by atoms with Gasteiger partial charge in [0.15, 0.2) is 0 Å². The quantitative estimate of drug-likeness (QED) is 0.591. The molecule has 5 heteroatoms. The molecule has 15 heavy (non-hydrogen) atoms. The first kappa shape index (κ1) is 11.8. The molecule has 0 fully saturated rings. The Hall–Kier alpha value is -1.29. The Bertz CT molecular complexity index is 430. The van der Waals surface area contributed by atoms with Crippen molar-refractivity contribution in [2.45, 2.75) is 13.3 Å². The monoisotopic (exact) mass is 232 g/mol. The fraction of sp³-hybridized carbons (Fsp3) is 0.200. The van der Waals surface area contributed by atoms with Crippen LogP contribution in [0.1, 0.15) is 11.1 Å². The second-order valence-corrected chi connectivity index (χ2v) is 3.41. The summed E-state index contributed by atoms with van der Waals surface area (Å²) in [6.45, 7) is 1.44. The van der Waals surface area contributed by atoms with Crippen LogP contribution in [0.5, 0.6) is 0 Å². The maximum Gasteiger partial charge on any atom is 0.288 e. The fourth-order valence-corrected chi connectivity index (χ4v) is 1.16. The lowest BCUT2D eigenvalue weighted by molar-refractivity contribution is -0.131. The first-order valence-electron chi connectivity index (χ1n) is 4.09. The SMILES string of the molecule is Cc1cc(CC(=O)C(=O)Cl)c(F)cc1F. The molecule has 0 spiro atoms. The number of hydrogen-bond acceptors (Lipinski definition) is 2. The predicted molar refractivity (Wildman–Crippen MR) is 50.7 cm³/mol. The van der Waals surface area contributed by atoms with Crippen molar-refractivity contribution in [1.29, 1.82) is 0 Å². The highest BCUT2D eigenvalue weighted by Gasteiger charge is 2.15. The van der Waals surface area contributed by atoms with Gasteiger partial charge in [0.2, 0.25) is 5.78 Å². The standard InChI is InChI=1S/C10H7ClF2O2/c1-5-2-6(3-9(14)10(11)15)8(13)4-7(5)12/h2,4H,3H2,1H3. The molecule has 0 bridgehead atoms. The summed E-state index contributed by atoms with van der Waals surface area (Å²) in [5.41, 5.74) is 0.175. The van der Waals surface area contributed by atoms with E-state index in [1.54, 1.807) is 0 Å². The molecule has 1 aromatic rings. The maximum atomic E-state index is 13.1. The van der Waals surface area contributed by atoms with Gasteiger partial charge in [0, 0.05) is 12.5 Å². The van der Waals surface area contributed by atoms with E-state index in [1.807, 2.05) is 0 Å². The van der Waals surface area contributed by atoms with Crippen LogP contribution in [0.2, 0.25) is 0 Å². The third-order valence-electron chi connectivity index (χ3n) is 1.90. The molecule has 0 heterocycles. The van der Waals surface area contributed by atoms with Crippen molar-refractivity contribution in [3.63, 3.8) is 0 Å². The summed E-state index contributed by atoms with van der Waals surface area (Å²) in [6, 6.07) is 1.86. The van der Waals surface area contributed by atoms with Crippen molar-refractivity contribution in [3.05, 3.63) is 34.9 Å². The van der Waals surface area contributed by atoms with Crippen LogP contribution in [0.25, 0.3) is 0 Å². The number of ketones is 1. The van der Waals surface area contributed by atoms with E-state index in [2.05, 4.69) is 0 Å². The highest BCUT2D eigenvalue weighted by molar-refractivity contribution is 6.81. The van der Waals surface area contributed by atoms with Gasteiger partial charge in [0.25, 0.3) is 5.24 Å². The van der Waals surface area contributed by atoms with E-state index in [-0.39, 0.29) is 11.1 Å². The first-order chi connectivity index (χ1) is 6.91. The number of aryl methyl sites for hydroxylation is 1. The molecule has 80 valence electrons. The van der Waals surface area contributed by atoms with Crippen molar-refractivity contribution >= 4 is 22.6 Å². The van der Waals surface area contributed by atoms with Crippen LogP contribution < -0.4 is 0 Å². The summed E-state index contributed by atoms with van der Waals surface area (Å²) >= 11 is 4.92. The third-order valence-corrected chi connectivity index (χ3v) is 2.11. The van der Waals surface area contributed by atoms with E-state index >= 15 is 0 Å². The molecular weight excluding hydrogens is 226 g/mol. The number of carbonyl (C=O) groups excluding carboxylic acids is 2. The lowest BCUT2D eigenvalue weighted by atomic mass is 10.1. The zero-order chi connectivity index (χ0) is 11.6. The molecule has 1 rings (SSSR count). The molecule has 0 unspecified atom stereocenters. The van der Waals surface area contributed by atoms with Gasteiger partial charge in [-0.1, -0.05) is 0 Å². The van der Waals surface area contributed by atoms with Crippen LogP contribution in [0.3, 0.4) is 0 Å². The van der Waals surface area contributed by atoms with E-state index in [0.29, 0.717) is 6.07 Å². The van der Waals surface area contributed by atoms with Gasteiger partial charge in [0.05, 0.1) is 0 Å². The van der Waals surface area contributed by atoms with Crippen molar-refractivity contribution in [3.8, 4) is 0 Å². The Balaban J connectivity index is 3.01. The smallest absolute Gasteiger partial charge is 0.288 e. The number of rotatable bonds is 3. The van der Waals surface area contributed by atoms with Gasteiger partial charge in [-0.2, -0.15) is 0 Å². The normalized spacial score (nSPS) is 10.1. The van der Waals surface area contributed by atoms with Crippen LogP contribution in [0, 0.1) is 18.6 Å². The van der Waals surface area contributed by atoms with E-state index in [1.165, 1.54) is 13.0 Å². The molecule has 0 aromatic heterocycles. The van der Waals surface area contributed by atoms with Crippen LogP contribution >= 0.6 is 11.6 Å². The zero-order valence-corrected chi connectivity index (χ0v) is 8.57. The lowest BCUT2D eigenvalue weighted by Crippen LogP contribution is -2.11. The Morgan fingerprint density at radius 3 is 2.40 bits per heavy atom. The zero-order valence-electron chi connectivity index (χ0n) is 7.81. The van der Waals surface area contributed by atoms with E-state index < -0.39 is 29.1 Å². The first-order valence-corrected chi connectivity index (χ1v) is 4.46. The molecule has 0 aliphatic heterocycles. The summed E-state index contributed by atoms with van der Waals surface area (Å²) in [7, 11) is 0. The summed E-state index contributed by atoms with van der Waals surface area (Å²) < 4.78 is 25.9. The topological polar surface area (TPSA) is 34.1 Å². The molecule has 2 nitrogen and oxygen atoms in total. The highest BCUT2D eigenvalue weighted by Crippen LogP contribution is 2.15. The van der Waals surface area contributed by atoms with Crippen molar-refractivity contribution in [2.75, 3.05) is 0 Å². The summed E-state index contributed by atoms with van der Waals surface area (Å²) in [4.78, 5) is 21.3. The molecule has 0 saturated carbocycles. The van der Waals surface area contributed by atoms with Crippen molar-refractivity contribution < 1.29 is 18.4 Å². The number of carbonyl (C=O) groups is 2. The van der Waals surface area contributed by atoms with Gasteiger partial charge >= 0.3 is 0 Å². The second kappa shape index (κ2) is 4.49. The van der Waals surface area contributed by atoms with Crippen LogP contribution in [0.15, 0.2) is 12.1 Å². The Morgan fingerprint density at radius 1 is 1.27 bits per heavy atom. The minimum atomic E-state index is -1.16. The Kier molecular flexibility index (Phi) is 3.52. The maximum absolute atomic E-state index is 13.1. The molecule has 0 aliphatic carbocycles. The summed E-state index contributed by atoms with van der Waals surface area (Å²) in [6.07, 6.45) is -0.449. The van der Waals surface area contributed by atoms with Gasteiger partial charge in [0.1, 0.15) is 11.6 Å². The van der Waals surface area contributed by atoms with Gasteiger partial charge in [-0.3, -0.25) is 9.59 Å². The largest absolute Gasteiger partial charge is 0.289 e. The van der Waals surface area contributed by atoms with E-state index in [9.17, 15) is 18.4 Å². The van der Waals surface area contributed by atoms with E-state index in [0.717, 1.165) is 0 Å². The molecule has 0 amide bonds. The number of halogens is 3. The van der Waals surface area contributed by atoms with E-state index in [4.69, 9.17) is 11.6 Å². The van der Waals surface area contributed by atoms with Crippen LogP contribution in [-0.4, -0.2) is 11.0 Å².